The maximum Gasteiger partial charge on any atom is 0.251 e. The van der Waals surface area contributed by atoms with Crippen LogP contribution in [-0.2, 0) is 0 Å². The van der Waals surface area contributed by atoms with Gasteiger partial charge in [-0.1, -0.05) is 23.7 Å². The van der Waals surface area contributed by atoms with E-state index in [1.54, 1.807) is 36.7 Å². The number of hydrogen-bond acceptors (Lipinski definition) is 7. The van der Waals surface area contributed by atoms with E-state index in [2.05, 4.69) is 49.9 Å². The Morgan fingerprint density at radius 2 is 1.89 bits per heavy atom. The second kappa shape index (κ2) is 9.86. The van der Waals surface area contributed by atoms with Crippen molar-refractivity contribution in [3.63, 3.8) is 0 Å². The predicted octanol–water partition coefficient (Wildman–Crippen LogP) is 4.59. The number of carbonyl (C=O) groups is 1. The SMILES string of the molecule is CC1(C)CC(NC(=O)c2ccc(Oc3cccc(C4=CNNC=C4)c3C#N)c(Cl)c2)CC(C)(C)N1N. The van der Waals surface area contributed by atoms with E-state index in [1.165, 1.54) is 0 Å². The summed E-state index contributed by atoms with van der Waals surface area (Å²) in [6.07, 6.45) is 6.83. The number of benzene rings is 2. The van der Waals surface area contributed by atoms with Gasteiger partial charge in [0.25, 0.3) is 5.91 Å². The predicted molar refractivity (Wildman–Crippen MR) is 141 cm³/mol. The average molecular weight is 507 g/mol. The summed E-state index contributed by atoms with van der Waals surface area (Å²) in [5.74, 6) is 6.85. The van der Waals surface area contributed by atoms with Crippen molar-refractivity contribution in [1.29, 1.82) is 5.26 Å². The zero-order valence-electron chi connectivity index (χ0n) is 20.9. The first-order chi connectivity index (χ1) is 17.0. The lowest BCUT2D eigenvalue weighted by atomic mass is 9.78. The largest absolute Gasteiger partial charge is 0.454 e. The van der Waals surface area contributed by atoms with Gasteiger partial charge in [0.1, 0.15) is 23.1 Å². The van der Waals surface area contributed by atoms with Crippen LogP contribution in [-0.4, -0.2) is 28.0 Å². The Morgan fingerprint density at radius 1 is 1.17 bits per heavy atom. The molecule has 2 aromatic carbocycles. The molecule has 0 aromatic heterocycles. The third kappa shape index (κ3) is 5.19. The Morgan fingerprint density at radius 3 is 2.50 bits per heavy atom. The molecule has 2 aromatic rings. The highest BCUT2D eigenvalue weighted by Crippen LogP contribution is 2.37. The minimum atomic E-state index is -0.252. The Labute approximate surface area is 216 Å². The zero-order valence-corrected chi connectivity index (χ0v) is 21.6. The number of halogens is 1. The number of ether oxygens (including phenoxy) is 1. The summed E-state index contributed by atoms with van der Waals surface area (Å²) >= 11 is 6.51. The van der Waals surface area contributed by atoms with Gasteiger partial charge in [-0.15, -0.1) is 0 Å². The summed E-state index contributed by atoms with van der Waals surface area (Å²) in [5.41, 5.74) is 7.63. The van der Waals surface area contributed by atoms with Gasteiger partial charge >= 0.3 is 0 Å². The number of allylic oxidation sites excluding steroid dienone is 2. The van der Waals surface area contributed by atoms with Crippen LogP contribution in [0.5, 0.6) is 11.5 Å². The van der Waals surface area contributed by atoms with Crippen molar-refractivity contribution < 1.29 is 9.53 Å². The molecule has 0 radical (unpaired) electrons. The molecule has 0 saturated carbocycles. The topological polar surface area (TPSA) is 115 Å². The van der Waals surface area contributed by atoms with Crippen LogP contribution in [0.15, 0.2) is 54.9 Å². The molecule has 8 nitrogen and oxygen atoms in total. The summed E-state index contributed by atoms with van der Waals surface area (Å²) < 4.78 is 6.02. The minimum absolute atomic E-state index is 0.0224. The summed E-state index contributed by atoms with van der Waals surface area (Å²) in [6.45, 7) is 8.31. The van der Waals surface area contributed by atoms with E-state index >= 15 is 0 Å². The van der Waals surface area contributed by atoms with Crippen LogP contribution < -0.4 is 26.7 Å². The van der Waals surface area contributed by atoms with Crippen molar-refractivity contribution in [3.05, 3.63) is 76.6 Å². The zero-order chi connectivity index (χ0) is 26.1. The number of hydrazine groups is 2. The molecule has 1 amide bonds. The van der Waals surface area contributed by atoms with Crippen molar-refractivity contribution in [2.24, 2.45) is 5.84 Å². The van der Waals surface area contributed by atoms with E-state index in [0.717, 1.165) is 24.0 Å². The fourth-order valence-electron chi connectivity index (χ4n) is 4.99. The average Bonchev–Trinajstić information content (AvgIpc) is 2.83. The molecule has 0 bridgehead atoms. The fourth-order valence-corrected chi connectivity index (χ4v) is 5.21. The van der Waals surface area contributed by atoms with Gasteiger partial charge in [-0.2, -0.15) is 5.26 Å². The van der Waals surface area contributed by atoms with Crippen LogP contribution in [0.25, 0.3) is 5.57 Å². The molecule has 1 saturated heterocycles. The molecule has 9 heteroatoms. The third-order valence-corrected chi connectivity index (χ3v) is 6.95. The van der Waals surface area contributed by atoms with Crippen LogP contribution in [0.1, 0.15) is 62.0 Å². The number of hydrogen-bond donors (Lipinski definition) is 4. The summed E-state index contributed by atoms with van der Waals surface area (Å²) in [7, 11) is 0. The number of nitrogens with two attached hydrogens (primary N) is 1. The van der Waals surface area contributed by atoms with E-state index in [0.29, 0.717) is 22.6 Å². The Balaban J connectivity index is 1.51. The second-order valence-electron chi connectivity index (χ2n) is 10.3. The molecule has 36 heavy (non-hydrogen) atoms. The first kappa shape index (κ1) is 25.6. The van der Waals surface area contributed by atoms with E-state index in [1.807, 2.05) is 23.2 Å². The second-order valence-corrected chi connectivity index (χ2v) is 10.7. The quantitative estimate of drug-likeness (QED) is 0.438. The monoisotopic (exact) mass is 506 g/mol. The van der Waals surface area contributed by atoms with Crippen LogP contribution in [0, 0.1) is 11.3 Å². The van der Waals surface area contributed by atoms with Gasteiger partial charge < -0.3 is 20.9 Å². The maximum absolute atomic E-state index is 13.0. The Hall–Kier alpha value is -3.51. The fraction of sp³-hybridized carbons (Fsp3) is 0.333. The highest BCUT2D eigenvalue weighted by molar-refractivity contribution is 6.32. The van der Waals surface area contributed by atoms with Gasteiger partial charge in [0.2, 0.25) is 0 Å². The minimum Gasteiger partial charge on any atom is -0.454 e. The van der Waals surface area contributed by atoms with Crippen molar-refractivity contribution in [2.75, 3.05) is 0 Å². The normalized spacial score (nSPS) is 18.9. The van der Waals surface area contributed by atoms with Gasteiger partial charge in [-0.05, 0) is 70.9 Å². The molecule has 2 aliphatic heterocycles. The molecule has 0 atom stereocenters. The van der Waals surface area contributed by atoms with Gasteiger partial charge in [0.05, 0.1) is 5.02 Å². The van der Waals surface area contributed by atoms with Crippen LogP contribution in [0.2, 0.25) is 5.02 Å². The Kier molecular flexibility index (Phi) is 7.01. The molecule has 0 spiro atoms. The van der Waals surface area contributed by atoms with Gasteiger partial charge in [0.15, 0.2) is 0 Å². The van der Waals surface area contributed by atoms with E-state index in [4.69, 9.17) is 22.2 Å². The first-order valence-corrected chi connectivity index (χ1v) is 12.1. The lowest BCUT2D eigenvalue weighted by Crippen LogP contribution is -2.67. The van der Waals surface area contributed by atoms with Crippen LogP contribution >= 0.6 is 11.6 Å². The number of nitrogens with one attached hydrogen (secondary N) is 3. The number of rotatable bonds is 5. The molecule has 0 aliphatic carbocycles. The molecule has 4 rings (SSSR count). The molecule has 0 unspecified atom stereocenters. The van der Waals surface area contributed by atoms with Gasteiger partial charge in [0, 0.05) is 46.2 Å². The van der Waals surface area contributed by atoms with Gasteiger partial charge in [-0.25, -0.2) is 5.01 Å². The smallest absolute Gasteiger partial charge is 0.251 e. The standard InChI is InChI=1S/C27H31ClN6O2/c1-26(2)13-19(14-27(3,4)34(26)30)33-25(35)17-8-9-24(22(28)12-17)36-23-7-5-6-20(21(23)15-29)18-10-11-31-32-16-18/h5-12,16,19,31-32H,13-14,30H2,1-4H3,(H,33,35). The molecular formula is C27H31ClN6O2. The number of carbonyl (C=O) groups excluding carboxylic acids is 1. The summed E-state index contributed by atoms with van der Waals surface area (Å²) in [5, 5.41) is 15.1. The van der Waals surface area contributed by atoms with E-state index in [-0.39, 0.29) is 28.0 Å². The highest BCUT2D eigenvalue weighted by atomic mass is 35.5. The van der Waals surface area contributed by atoms with Crippen LogP contribution in [0.3, 0.4) is 0 Å². The lowest BCUT2D eigenvalue weighted by Gasteiger charge is -2.52. The molecule has 5 N–H and O–H groups in total. The molecule has 1 fully saturated rings. The maximum atomic E-state index is 13.0. The number of nitrogens with zero attached hydrogens (tertiary/aromatic N) is 2. The van der Waals surface area contributed by atoms with E-state index in [9.17, 15) is 10.1 Å². The lowest BCUT2D eigenvalue weighted by molar-refractivity contribution is -0.0406. The van der Waals surface area contributed by atoms with Crippen molar-refractivity contribution in [2.45, 2.75) is 57.7 Å². The third-order valence-electron chi connectivity index (χ3n) is 6.65. The highest BCUT2D eigenvalue weighted by Gasteiger charge is 2.44. The van der Waals surface area contributed by atoms with Crippen molar-refractivity contribution in [3.8, 4) is 17.6 Å². The van der Waals surface area contributed by atoms with Gasteiger partial charge in [-0.3, -0.25) is 10.6 Å². The van der Waals surface area contributed by atoms with Crippen molar-refractivity contribution in [1.82, 2.24) is 21.2 Å². The Bertz CT molecular complexity index is 1260. The molecule has 2 heterocycles. The van der Waals surface area contributed by atoms with Crippen LogP contribution in [0.4, 0.5) is 0 Å². The van der Waals surface area contributed by atoms with Crippen molar-refractivity contribution >= 4 is 23.1 Å². The summed E-state index contributed by atoms with van der Waals surface area (Å²) in [4.78, 5) is 13.0. The van der Waals surface area contributed by atoms with E-state index < -0.39 is 0 Å². The molecule has 2 aliphatic rings. The number of amides is 1. The number of piperidine rings is 1. The number of nitriles is 1. The first-order valence-electron chi connectivity index (χ1n) is 11.8. The summed E-state index contributed by atoms with van der Waals surface area (Å²) in [6, 6.07) is 12.5. The molecule has 188 valence electrons. The molecular weight excluding hydrogens is 476 g/mol.